The lowest BCUT2D eigenvalue weighted by atomic mass is 9.60. The predicted molar refractivity (Wildman–Crippen MR) is 134 cm³/mol. The molecule has 2 aliphatic rings. The fraction of sp³-hybridized carbons (Fsp3) is 0.517. The quantitative estimate of drug-likeness (QED) is 0.590. The van der Waals surface area contributed by atoms with Gasteiger partial charge in [0, 0.05) is 17.5 Å². The van der Waals surface area contributed by atoms with Crippen molar-refractivity contribution in [3.05, 3.63) is 71.8 Å². The Labute approximate surface area is 204 Å². The minimum atomic E-state index is -0.637. The Bertz CT molecular complexity index is 1000. The first kappa shape index (κ1) is 24.5. The number of hydrogen-bond donors (Lipinski definition) is 0. The minimum Gasteiger partial charge on any atom is -0.443 e. The van der Waals surface area contributed by atoms with Gasteiger partial charge in [0.1, 0.15) is 5.60 Å². The molecule has 0 unspecified atom stereocenters. The van der Waals surface area contributed by atoms with Crippen LogP contribution in [-0.2, 0) is 21.5 Å². The van der Waals surface area contributed by atoms with E-state index in [9.17, 15) is 9.59 Å². The second-order valence-corrected chi connectivity index (χ2v) is 11.3. The molecular formula is C29H38N2O3. The van der Waals surface area contributed by atoms with Gasteiger partial charge in [-0.25, -0.2) is 9.69 Å². The lowest BCUT2D eigenvalue weighted by molar-refractivity contribution is -0.131. The molecule has 182 valence electrons. The summed E-state index contributed by atoms with van der Waals surface area (Å²) in [6, 6.07) is 20.9. The van der Waals surface area contributed by atoms with E-state index in [4.69, 9.17) is 4.74 Å². The van der Waals surface area contributed by atoms with E-state index >= 15 is 0 Å². The Morgan fingerprint density at radius 2 is 1.53 bits per heavy atom. The van der Waals surface area contributed by atoms with Crippen LogP contribution in [0.5, 0.6) is 0 Å². The molecular weight excluding hydrogens is 424 g/mol. The van der Waals surface area contributed by atoms with E-state index in [1.165, 1.54) is 10.5 Å². The third-order valence-electron chi connectivity index (χ3n) is 7.91. The SMILES string of the molecule is CN(C)C1(c2ccccc2)CCC2(CC1)CN(C(=O)OC(C)(C)C)C(=O)[C@@H]2Cc1ccccc1. The number of benzene rings is 2. The molecule has 34 heavy (non-hydrogen) atoms. The predicted octanol–water partition coefficient (Wildman–Crippen LogP) is 5.64. The molecule has 4 rings (SSSR count). The van der Waals surface area contributed by atoms with Crippen LogP contribution in [0.2, 0.25) is 0 Å². The zero-order chi connectivity index (χ0) is 24.6. The average Bonchev–Trinajstić information content (AvgIpc) is 3.06. The number of nitrogens with zero attached hydrogens (tertiary/aromatic N) is 2. The minimum absolute atomic E-state index is 0.0633. The van der Waals surface area contributed by atoms with Gasteiger partial charge in [-0.2, -0.15) is 0 Å². The van der Waals surface area contributed by atoms with E-state index in [0.717, 1.165) is 31.2 Å². The number of ether oxygens (including phenoxy) is 1. The van der Waals surface area contributed by atoms with Gasteiger partial charge < -0.3 is 4.74 Å². The number of rotatable bonds is 4. The second kappa shape index (κ2) is 9.18. The van der Waals surface area contributed by atoms with Gasteiger partial charge in [-0.05, 0) is 78.1 Å². The van der Waals surface area contributed by atoms with Gasteiger partial charge in [0.05, 0.1) is 5.92 Å². The summed E-state index contributed by atoms with van der Waals surface area (Å²) in [5, 5.41) is 0. The van der Waals surface area contributed by atoms with Gasteiger partial charge in [0.15, 0.2) is 0 Å². The van der Waals surface area contributed by atoms with E-state index < -0.39 is 11.7 Å². The zero-order valence-corrected chi connectivity index (χ0v) is 21.2. The molecule has 0 N–H and O–H groups in total. The van der Waals surface area contributed by atoms with Crippen LogP contribution >= 0.6 is 0 Å². The molecule has 0 radical (unpaired) electrons. The van der Waals surface area contributed by atoms with E-state index in [1.54, 1.807) is 0 Å². The Morgan fingerprint density at radius 1 is 0.971 bits per heavy atom. The number of amides is 2. The first-order valence-corrected chi connectivity index (χ1v) is 12.4. The summed E-state index contributed by atoms with van der Waals surface area (Å²) in [5.74, 6) is -0.312. The van der Waals surface area contributed by atoms with Crippen LogP contribution in [0.4, 0.5) is 4.79 Å². The molecule has 1 heterocycles. The van der Waals surface area contributed by atoms with Crippen molar-refractivity contribution in [3.63, 3.8) is 0 Å². The Hall–Kier alpha value is -2.66. The van der Waals surface area contributed by atoms with Gasteiger partial charge in [-0.3, -0.25) is 9.69 Å². The van der Waals surface area contributed by atoms with Crippen molar-refractivity contribution in [2.45, 2.75) is 64.0 Å². The maximum Gasteiger partial charge on any atom is 0.417 e. The van der Waals surface area contributed by atoms with E-state index in [-0.39, 0.29) is 22.8 Å². The number of hydrogen-bond acceptors (Lipinski definition) is 4. The molecule has 1 spiro atoms. The highest BCUT2D eigenvalue weighted by Crippen LogP contribution is 2.55. The third kappa shape index (κ3) is 4.63. The monoisotopic (exact) mass is 462 g/mol. The molecule has 2 aromatic rings. The van der Waals surface area contributed by atoms with Gasteiger partial charge in [0.2, 0.25) is 5.91 Å². The summed E-state index contributed by atoms with van der Waals surface area (Å²) >= 11 is 0. The first-order valence-electron chi connectivity index (χ1n) is 12.4. The number of likely N-dealkylation sites (tertiary alicyclic amines) is 1. The fourth-order valence-corrected chi connectivity index (χ4v) is 5.99. The van der Waals surface area contributed by atoms with Crippen molar-refractivity contribution >= 4 is 12.0 Å². The van der Waals surface area contributed by atoms with Crippen molar-refractivity contribution in [3.8, 4) is 0 Å². The van der Waals surface area contributed by atoms with Crippen molar-refractivity contribution in [2.24, 2.45) is 11.3 Å². The summed E-state index contributed by atoms with van der Waals surface area (Å²) in [4.78, 5) is 30.4. The van der Waals surface area contributed by atoms with Crippen molar-refractivity contribution in [2.75, 3.05) is 20.6 Å². The molecule has 2 fully saturated rings. The molecule has 1 saturated carbocycles. The maximum atomic E-state index is 13.7. The van der Waals surface area contributed by atoms with Crippen LogP contribution in [-0.4, -0.2) is 48.0 Å². The van der Waals surface area contributed by atoms with Crippen LogP contribution in [0.25, 0.3) is 0 Å². The van der Waals surface area contributed by atoms with Crippen LogP contribution in [0, 0.1) is 11.3 Å². The normalized spacial score (nSPS) is 27.4. The smallest absolute Gasteiger partial charge is 0.417 e. The standard InChI is InChI=1S/C29H38N2O3/c1-27(2,3)34-26(33)31-21-28(24(25(31)32)20-22-12-8-6-9-13-22)16-18-29(19-17-28,30(4)5)23-14-10-7-11-15-23/h6-15,24H,16-21H2,1-5H3/t24-,28?,29?/m0/s1. The zero-order valence-electron chi connectivity index (χ0n) is 21.2. The number of carbonyl (C=O) groups is 2. The summed E-state index contributed by atoms with van der Waals surface area (Å²) in [6.45, 7) is 5.97. The van der Waals surface area contributed by atoms with Crippen LogP contribution in [0.1, 0.15) is 57.6 Å². The second-order valence-electron chi connectivity index (χ2n) is 11.3. The maximum absolute atomic E-state index is 13.7. The molecule has 1 aliphatic heterocycles. The molecule has 5 heteroatoms. The highest BCUT2D eigenvalue weighted by molar-refractivity contribution is 5.96. The summed E-state index contributed by atoms with van der Waals surface area (Å²) < 4.78 is 5.63. The van der Waals surface area contributed by atoms with Gasteiger partial charge >= 0.3 is 6.09 Å². The number of imide groups is 1. The Balaban J connectivity index is 1.65. The molecule has 5 nitrogen and oxygen atoms in total. The van der Waals surface area contributed by atoms with E-state index in [2.05, 4.69) is 61.5 Å². The van der Waals surface area contributed by atoms with Crippen molar-refractivity contribution < 1.29 is 14.3 Å². The van der Waals surface area contributed by atoms with Gasteiger partial charge in [-0.15, -0.1) is 0 Å². The summed E-state index contributed by atoms with van der Waals surface area (Å²) in [7, 11) is 4.30. The third-order valence-corrected chi connectivity index (χ3v) is 7.91. The molecule has 2 amide bonds. The van der Waals surface area contributed by atoms with Gasteiger partial charge in [0.25, 0.3) is 0 Å². The summed E-state index contributed by atoms with van der Waals surface area (Å²) in [6.07, 6.45) is 3.82. The van der Waals surface area contributed by atoms with Crippen LogP contribution in [0.15, 0.2) is 60.7 Å². The highest BCUT2D eigenvalue weighted by Gasteiger charge is 2.57. The lowest BCUT2D eigenvalue weighted by Gasteiger charge is -2.50. The van der Waals surface area contributed by atoms with E-state index in [0.29, 0.717) is 13.0 Å². The molecule has 1 saturated heterocycles. The highest BCUT2D eigenvalue weighted by atomic mass is 16.6. The molecule has 1 aliphatic carbocycles. The molecule has 2 aromatic carbocycles. The fourth-order valence-electron chi connectivity index (χ4n) is 5.99. The lowest BCUT2D eigenvalue weighted by Crippen LogP contribution is -2.49. The van der Waals surface area contributed by atoms with Crippen molar-refractivity contribution in [1.29, 1.82) is 0 Å². The largest absolute Gasteiger partial charge is 0.443 e. The van der Waals surface area contributed by atoms with Crippen LogP contribution < -0.4 is 0 Å². The molecule has 0 bridgehead atoms. The Morgan fingerprint density at radius 3 is 2.06 bits per heavy atom. The van der Waals surface area contributed by atoms with Gasteiger partial charge in [-0.1, -0.05) is 60.7 Å². The molecule has 1 atom stereocenters. The first-order chi connectivity index (χ1) is 16.1. The Kier molecular flexibility index (Phi) is 6.61. The van der Waals surface area contributed by atoms with E-state index in [1.807, 2.05) is 39.0 Å². The topological polar surface area (TPSA) is 49.9 Å². The summed E-state index contributed by atoms with van der Waals surface area (Å²) in [5.41, 5.74) is 1.52. The van der Waals surface area contributed by atoms with Crippen LogP contribution in [0.3, 0.4) is 0 Å². The van der Waals surface area contributed by atoms with Crippen molar-refractivity contribution in [1.82, 2.24) is 9.80 Å². The average molecular weight is 463 g/mol. The number of carbonyl (C=O) groups excluding carboxylic acids is 2. The molecule has 0 aromatic heterocycles.